The summed E-state index contributed by atoms with van der Waals surface area (Å²) >= 11 is 0. The highest BCUT2D eigenvalue weighted by Crippen LogP contribution is 2.49. The van der Waals surface area contributed by atoms with Crippen molar-refractivity contribution in [3.8, 4) is 0 Å². The Kier molecular flexibility index (Phi) is 3.05. The van der Waals surface area contributed by atoms with Crippen molar-refractivity contribution in [2.24, 2.45) is 0 Å². The first-order chi connectivity index (χ1) is 11.1. The number of hydrogen-bond acceptors (Lipinski definition) is 1. The van der Waals surface area contributed by atoms with Crippen molar-refractivity contribution in [1.82, 2.24) is 4.98 Å². The Morgan fingerprint density at radius 2 is 1.78 bits per heavy atom. The van der Waals surface area contributed by atoms with Gasteiger partial charge in [0, 0.05) is 22.3 Å². The van der Waals surface area contributed by atoms with Crippen LogP contribution in [0.4, 0.5) is 5.69 Å². The second-order valence-corrected chi connectivity index (χ2v) is 6.66. The third-order valence-corrected chi connectivity index (χ3v) is 4.80. The lowest BCUT2D eigenvalue weighted by atomic mass is 9.94. The molecule has 1 aromatic heterocycles. The number of aromatic amines is 1. The highest BCUT2D eigenvalue weighted by Gasteiger charge is 2.51. The maximum absolute atomic E-state index is 12.8. The summed E-state index contributed by atoms with van der Waals surface area (Å²) in [5.74, 6) is 0.105. The second kappa shape index (κ2) is 4.98. The van der Waals surface area contributed by atoms with Gasteiger partial charge in [-0.25, -0.2) is 0 Å². The number of fused-ring (bicyclic) bond motifs is 1. The van der Waals surface area contributed by atoms with Crippen LogP contribution in [-0.2, 0) is 10.2 Å². The minimum Gasteiger partial charge on any atom is -0.359 e. The predicted octanol–water partition coefficient (Wildman–Crippen LogP) is 4.46. The average molecular weight is 304 g/mol. The van der Waals surface area contributed by atoms with Gasteiger partial charge < -0.3 is 10.3 Å². The molecule has 1 saturated carbocycles. The van der Waals surface area contributed by atoms with Crippen LogP contribution in [0.5, 0.6) is 0 Å². The first-order valence-electron chi connectivity index (χ1n) is 8.05. The van der Waals surface area contributed by atoms with Gasteiger partial charge in [-0.3, -0.25) is 4.79 Å². The summed E-state index contributed by atoms with van der Waals surface area (Å²) in [6.45, 7) is 4.10. The Bertz CT molecular complexity index is 886. The molecule has 0 bridgehead atoms. The summed E-state index contributed by atoms with van der Waals surface area (Å²) in [6.07, 6.45) is 1.85. The van der Waals surface area contributed by atoms with Crippen LogP contribution in [0.2, 0.25) is 0 Å². The number of benzene rings is 2. The molecule has 0 aliphatic heterocycles. The zero-order chi connectivity index (χ0) is 16.0. The SMILES string of the molecule is Cc1ccc(C2(C(=O)Nc3ccc4[nH]c(C)cc4c3)CC2)cc1. The van der Waals surface area contributed by atoms with Crippen molar-refractivity contribution in [2.75, 3.05) is 5.32 Å². The lowest BCUT2D eigenvalue weighted by Gasteiger charge is -2.16. The molecule has 1 amide bonds. The minimum absolute atomic E-state index is 0.105. The molecular weight excluding hydrogens is 284 g/mol. The fourth-order valence-electron chi connectivity index (χ4n) is 3.25. The van der Waals surface area contributed by atoms with E-state index in [2.05, 4.69) is 47.6 Å². The molecule has 1 heterocycles. The third-order valence-electron chi connectivity index (χ3n) is 4.80. The largest absolute Gasteiger partial charge is 0.359 e. The molecule has 1 aliphatic carbocycles. The van der Waals surface area contributed by atoms with Gasteiger partial charge in [0.1, 0.15) is 0 Å². The monoisotopic (exact) mass is 304 g/mol. The molecule has 0 radical (unpaired) electrons. The predicted molar refractivity (Wildman–Crippen MR) is 93.8 cm³/mol. The average Bonchev–Trinajstić information content (AvgIpc) is 3.25. The van der Waals surface area contributed by atoms with Gasteiger partial charge in [-0.1, -0.05) is 29.8 Å². The first kappa shape index (κ1) is 14.1. The van der Waals surface area contributed by atoms with Gasteiger partial charge in [-0.15, -0.1) is 0 Å². The molecule has 3 aromatic rings. The molecule has 3 heteroatoms. The molecule has 1 fully saturated rings. The molecule has 0 unspecified atom stereocenters. The first-order valence-corrected chi connectivity index (χ1v) is 8.05. The molecule has 23 heavy (non-hydrogen) atoms. The van der Waals surface area contributed by atoms with Crippen LogP contribution in [0, 0.1) is 13.8 Å². The molecule has 0 saturated heterocycles. The minimum atomic E-state index is -0.337. The van der Waals surface area contributed by atoms with Crippen molar-refractivity contribution in [2.45, 2.75) is 32.1 Å². The van der Waals surface area contributed by atoms with Crippen LogP contribution in [-0.4, -0.2) is 10.9 Å². The third kappa shape index (κ3) is 2.42. The molecular formula is C20H20N2O. The molecule has 0 spiro atoms. The number of rotatable bonds is 3. The van der Waals surface area contributed by atoms with E-state index in [1.807, 2.05) is 25.1 Å². The number of aromatic nitrogens is 1. The topological polar surface area (TPSA) is 44.9 Å². The molecule has 116 valence electrons. The molecule has 1 aliphatic rings. The van der Waals surface area contributed by atoms with Gasteiger partial charge in [0.25, 0.3) is 0 Å². The molecule has 0 atom stereocenters. The van der Waals surface area contributed by atoms with Crippen molar-refractivity contribution in [3.63, 3.8) is 0 Å². The van der Waals surface area contributed by atoms with Crippen molar-refractivity contribution in [3.05, 3.63) is 65.4 Å². The summed E-state index contributed by atoms with van der Waals surface area (Å²) < 4.78 is 0. The number of aryl methyl sites for hydroxylation is 2. The van der Waals surface area contributed by atoms with Gasteiger partial charge in [0.2, 0.25) is 5.91 Å². The number of anilines is 1. The van der Waals surface area contributed by atoms with Crippen molar-refractivity contribution < 1.29 is 4.79 Å². The van der Waals surface area contributed by atoms with Gasteiger partial charge >= 0.3 is 0 Å². The lowest BCUT2D eigenvalue weighted by Crippen LogP contribution is -2.27. The number of nitrogens with one attached hydrogen (secondary N) is 2. The van der Waals surface area contributed by atoms with Crippen LogP contribution in [0.3, 0.4) is 0 Å². The Morgan fingerprint density at radius 1 is 1.04 bits per heavy atom. The number of carbonyl (C=O) groups is 1. The highest BCUT2D eigenvalue weighted by molar-refractivity contribution is 6.02. The van der Waals surface area contributed by atoms with E-state index in [9.17, 15) is 4.79 Å². The number of amides is 1. The summed E-state index contributed by atoms with van der Waals surface area (Å²) in [5.41, 5.74) is 5.09. The Balaban J connectivity index is 1.59. The summed E-state index contributed by atoms with van der Waals surface area (Å²) in [7, 11) is 0. The zero-order valence-electron chi connectivity index (χ0n) is 13.4. The molecule has 3 nitrogen and oxygen atoms in total. The van der Waals surface area contributed by atoms with Crippen LogP contribution in [0.1, 0.15) is 29.7 Å². The molecule has 4 rings (SSSR count). The van der Waals surface area contributed by atoms with E-state index in [1.54, 1.807) is 0 Å². The number of H-pyrrole nitrogens is 1. The van der Waals surface area contributed by atoms with E-state index in [0.717, 1.165) is 40.7 Å². The Labute approximate surface area is 135 Å². The summed E-state index contributed by atoms with van der Waals surface area (Å²) in [6, 6.07) is 16.4. The van der Waals surface area contributed by atoms with Gasteiger partial charge in [0.15, 0.2) is 0 Å². The fraction of sp³-hybridized carbons (Fsp3) is 0.250. The standard InChI is InChI=1S/C20H20N2O/c1-13-3-5-16(6-4-13)20(9-10-20)19(23)22-17-7-8-18-15(12-17)11-14(2)21-18/h3-8,11-12,21H,9-10H2,1-2H3,(H,22,23). The second-order valence-electron chi connectivity index (χ2n) is 6.66. The Hall–Kier alpha value is -2.55. The quantitative estimate of drug-likeness (QED) is 0.737. The normalized spacial score (nSPS) is 15.6. The van der Waals surface area contributed by atoms with Crippen LogP contribution in [0.15, 0.2) is 48.5 Å². The van der Waals surface area contributed by atoms with Crippen LogP contribution < -0.4 is 5.32 Å². The number of hydrogen-bond donors (Lipinski definition) is 2. The van der Waals surface area contributed by atoms with Gasteiger partial charge in [0.05, 0.1) is 5.41 Å². The molecule has 2 aromatic carbocycles. The van der Waals surface area contributed by atoms with Crippen LogP contribution >= 0.6 is 0 Å². The summed E-state index contributed by atoms with van der Waals surface area (Å²) in [4.78, 5) is 16.1. The van der Waals surface area contributed by atoms with E-state index in [-0.39, 0.29) is 11.3 Å². The lowest BCUT2D eigenvalue weighted by molar-refractivity contribution is -0.118. The maximum Gasteiger partial charge on any atom is 0.235 e. The van der Waals surface area contributed by atoms with Crippen molar-refractivity contribution in [1.29, 1.82) is 0 Å². The van der Waals surface area contributed by atoms with E-state index < -0.39 is 0 Å². The number of carbonyl (C=O) groups excluding carboxylic acids is 1. The van der Waals surface area contributed by atoms with E-state index in [0.29, 0.717) is 0 Å². The van der Waals surface area contributed by atoms with Gasteiger partial charge in [-0.2, -0.15) is 0 Å². The van der Waals surface area contributed by atoms with Crippen molar-refractivity contribution >= 4 is 22.5 Å². The van der Waals surface area contributed by atoms with Crippen LogP contribution in [0.25, 0.3) is 10.9 Å². The van der Waals surface area contributed by atoms with E-state index in [4.69, 9.17) is 0 Å². The maximum atomic E-state index is 12.8. The molecule has 2 N–H and O–H groups in total. The van der Waals surface area contributed by atoms with E-state index >= 15 is 0 Å². The summed E-state index contributed by atoms with van der Waals surface area (Å²) in [5, 5.41) is 4.23. The van der Waals surface area contributed by atoms with Gasteiger partial charge in [-0.05, 0) is 56.5 Å². The fourth-order valence-corrected chi connectivity index (χ4v) is 3.25. The van der Waals surface area contributed by atoms with E-state index in [1.165, 1.54) is 5.56 Å². The smallest absolute Gasteiger partial charge is 0.235 e. The highest BCUT2D eigenvalue weighted by atomic mass is 16.2. The Morgan fingerprint density at radius 3 is 2.48 bits per heavy atom. The zero-order valence-corrected chi connectivity index (χ0v) is 13.4.